The third-order valence-electron chi connectivity index (χ3n) is 3.11. The summed E-state index contributed by atoms with van der Waals surface area (Å²) in [5.74, 6) is 0. The molecule has 17 heavy (non-hydrogen) atoms. The second-order valence-corrected chi connectivity index (χ2v) is 4.35. The molecule has 3 nitrogen and oxygen atoms in total. The largest absolute Gasteiger partial charge is 0.305 e. The van der Waals surface area contributed by atoms with Crippen molar-refractivity contribution in [1.82, 2.24) is 15.5 Å². The smallest absolute Gasteiger partial charge is 0.0745 e. The molecule has 0 radical (unpaired) electrons. The van der Waals surface area contributed by atoms with Gasteiger partial charge in [0.05, 0.1) is 11.7 Å². The third-order valence-corrected chi connectivity index (χ3v) is 3.11. The van der Waals surface area contributed by atoms with Gasteiger partial charge in [-0.15, -0.1) is 0 Å². The van der Waals surface area contributed by atoms with Crippen LogP contribution in [-0.2, 0) is 0 Å². The maximum absolute atomic E-state index is 4.03. The molecular formula is C14H19N3. The first-order valence-corrected chi connectivity index (χ1v) is 6.02. The van der Waals surface area contributed by atoms with E-state index in [1.54, 1.807) is 6.20 Å². The number of aryl methyl sites for hydroxylation is 2. The van der Waals surface area contributed by atoms with Crippen LogP contribution in [0.1, 0.15) is 35.3 Å². The van der Waals surface area contributed by atoms with Gasteiger partial charge >= 0.3 is 0 Å². The van der Waals surface area contributed by atoms with E-state index in [4.69, 9.17) is 0 Å². The topological polar surface area (TPSA) is 40.7 Å². The first-order chi connectivity index (χ1) is 8.22. The molecule has 1 atom stereocenters. The quantitative estimate of drug-likeness (QED) is 0.846. The van der Waals surface area contributed by atoms with Gasteiger partial charge in [0.2, 0.25) is 0 Å². The Bertz CT molecular complexity index is 474. The number of hydrogen-bond acceptors (Lipinski definition) is 2. The number of nitrogens with zero attached hydrogens (tertiary/aromatic N) is 1. The van der Waals surface area contributed by atoms with E-state index in [2.05, 4.69) is 54.5 Å². The minimum atomic E-state index is 0.196. The highest BCUT2D eigenvalue weighted by atomic mass is 15.1. The molecule has 0 bridgehead atoms. The maximum atomic E-state index is 4.03. The van der Waals surface area contributed by atoms with E-state index in [9.17, 15) is 0 Å². The molecule has 0 aliphatic carbocycles. The van der Waals surface area contributed by atoms with Crippen molar-refractivity contribution in [1.29, 1.82) is 0 Å². The first kappa shape index (κ1) is 11.9. The lowest BCUT2D eigenvalue weighted by atomic mass is 9.99. The number of aromatic nitrogens is 2. The Balaban J connectivity index is 2.35. The van der Waals surface area contributed by atoms with E-state index < -0.39 is 0 Å². The summed E-state index contributed by atoms with van der Waals surface area (Å²) in [6, 6.07) is 8.80. The Kier molecular flexibility index (Phi) is 3.59. The molecule has 2 rings (SSSR count). The summed E-state index contributed by atoms with van der Waals surface area (Å²) in [5, 5.41) is 10.5. The Morgan fingerprint density at radius 1 is 1.24 bits per heavy atom. The van der Waals surface area contributed by atoms with Crippen molar-refractivity contribution in [2.45, 2.75) is 26.8 Å². The molecule has 0 aliphatic rings. The van der Waals surface area contributed by atoms with Gasteiger partial charge in [-0.25, -0.2) is 0 Å². The van der Waals surface area contributed by atoms with Gasteiger partial charge in [0, 0.05) is 6.20 Å². The van der Waals surface area contributed by atoms with Crippen molar-refractivity contribution < 1.29 is 0 Å². The monoisotopic (exact) mass is 229 g/mol. The Hall–Kier alpha value is -1.61. The fourth-order valence-corrected chi connectivity index (χ4v) is 1.98. The molecule has 90 valence electrons. The predicted molar refractivity (Wildman–Crippen MR) is 70.0 cm³/mol. The van der Waals surface area contributed by atoms with Gasteiger partial charge in [0.1, 0.15) is 0 Å². The molecule has 2 aromatic rings. The van der Waals surface area contributed by atoms with Crippen LogP contribution in [0.2, 0.25) is 0 Å². The van der Waals surface area contributed by atoms with Crippen molar-refractivity contribution in [3.63, 3.8) is 0 Å². The molecule has 1 aromatic carbocycles. The SMILES string of the molecule is CCNC(c1ccc(C)c(C)c1)c1ccn[nH]1. The summed E-state index contributed by atoms with van der Waals surface area (Å²) in [5.41, 5.74) is 5.04. The van der Waals surface area contributed by atoms with Crippen molar-refractivity contribution in [3.8, 4) is 0 Å². The lowest BCUT2D eigenvalue weighted by Gasteiger charge is -2.17. The van der Waals surface area contributed by atoms with Crippen LogP contribution in [0.15, 0.2) is 30.5 Å². The lowest BCUT2D eigenvalue weighted by molar-refractivity contribution is 0.613. The zero-order valence-corrected chi connectivity index (χ0v) is 10.6. The fourth-order valence-electron chi connectivity index (χ4n) is 1.98. The standard InChI is InChI=1S/C14H19N3/c1-4-15-14(13-7-8-16-17-13)12-6-5-10(2)11(3)9-12/h5-9,14-15H,4H2,1-3H3,(H,16,17). The summed E-state index contributed by atoms with van der Waals surface area (Å²) >= 11 is 0. The van der Waals surface area contributed by atoms with E-state index in [1.807, 2.05) is 6.07 Å². The minimum absolute atomic E-state index is 0.196. The van der Waals surface area contributed by atoms with Crippen molar-refractivity contribution in [2.24, 2.45) is 0 Å². The molecule has 0 aliphatic heterocycles. The number of nitrogens with one attached hydrogen (secondary N) is 2. The van der Waals surface area contributed by atoms with Crippen LogP contribution in [0.4, 0.5) is 0 Å². The van der Waals surface area contributed by atoms with Crippen LogP contribution in [0.5, 0.6) is 0 Å². The number of H-pyrrole nitrogens is 1. The van der Waals surface area contributed by atoms with Gasteiger partial charge in [-0.3, -0.25) is 5.10 Å². The summed E-state index contributed by atoms with van der Waals surface area (Å²) < 4.78 is 0. The summed E-state index contributed by atoms with van der Waals surface area (Å²) in [6.07, 6.45) is 1.79. The number of aromatic amines is 1. The normalized spacial score (nSPS) is 12.6. The first-order valence-electron chi connectivity index (χ1n) is 6.02. The molecule has 2 N–H and O–H groups in total. The van der Waals surface area contributed by atoms with Gasteiger partial charge in [-0.1, -0.05) is 25.1 Å². The second kappa shape index (κ2) is 5.15. The van der Waals surface area contributed by atoms with Gasteiger partial charge in [-0.05, 0) is 43.1 Å². The highest BCUT2D eigenvalue weighted by molar-refractivity contribution is 5.35. The van der Waals surface area contributed by atoms with Crippen molar-refractivity contribution in [3.05, 3.63) is 52.8 Å². The zero-order chi connectivity index (χ0) is 12.3. The van der Waals surface area contributed by atoms with Crippen molar-refractivity contribution in [2.75, 3.05) is 6.54 Å². The molecule has 1 unspecified atom stereocenters. The molecule has 0 saturated carbocycles. The number of hydrogen-bond donors (Lipinski definition) is 2. The van der Waals surface area contributed by atoms with Gasteiger partial charge in [0.25, 0.3) is 0 Å². The summed E-state index contributed by atoms with van der Waals surface area (Å²) in [7, 11) is 0. The van der Waals surface area contributed by atoms with Gasteiger partial charge in [0.15, 0.2) is 0 Å². The number of benzene rings is 1. The maximum Gasteiger partial charge on any atom is 0.0745 e. The van der Waals surface area contributed by atoms with Gasteiger partial charge in [-0.2, -0.15) is 5.10 Å². The molecule has 0 saturated heterocycles. The van der Waals surface area contributed by atoms with Gasteiger partial charge < -0.3 is 5.32 Å². The molecule has 0 amide bonds. The Labute approximate surface area is 102 Å². The second-order valence-electron chi connectivity index (χ2n) is 4.35. The third kappa shape index (κ3) is 2.56. The molecule has 1 aromatic heterocycles. The molecule has 1 heterocycles. The zero-order valence-electron chi connectivity index (χ0n) is 10.6. The van der Waals surface area contributed by atoms with Crippen LogP contribution in [0.25, 0.3) is 0 Å². The van der Waals surface area contributed by atoms with E-state index in [-0.39, 0.29) is 6.04 Å². The van der Waals surface area contributed by atoms with E-state index in [0.29, 0.717) is 0 Å². The van der Waals surface area contributed by atoms with Crippen LogP contribution in [0.3, 0.4) is 0 Å². The Morgan fingerprint density at radius 3 is 2.65 bits per heavy atom. The highest BCUT2D eigenvalue weighted by Crippen LogP contribution is 2.22. The minimum Gasteiger partial charge on any atom is -0.305 e. The highest BCUT2D eigenvalue weighted by Gasteiger charge is 2.14. The van der Waals surface area contributed by atoms with Crippen molar-refractivity contribution >= 4 is 0 Å². The van der Waals surface area contributed by atoms with Crippen LogP contribution in [-0.4, -0.2) is 16.7 Å². The average molecular weight is 229 g/mol. The molecule has 3 heteroatoms. The van der Waals surface area contributed by atoms with Crippen LogP contribution in [0, 0.1) is 13.8 Å². The molecular weight excluding hydrogens is 210 g/mol. The Morgan fingerprint density at radius 2 is 2.06 bits per heavy atom. The van der Waals surface area contributed by atoms with Crippen LogP contribution >= 0.6 is 0 Å². The predicted octanol–water partition coefficient (Wildman–Crippen LogP) is 2.73. The lowest BCUT2D eigenvalue weighted by Crippen LogP contribution is -2.22. The molecule has 0 fully saturated rings. The summed E-state index contributed by atoms with van der Waals surface area (Å²) in [4.78, 5) is 0. The number of rotatable bonds is 4. The van der Waals surface area contributed by atoms with E-state index >= 15 is 0 Å². The average Bonchev–Trinajstić information content (AvgIpc) is 2.83. The van der Waals surface area contributed by atoms with Crippen LogP contribution < -0.4 is 5.32 Å². The van der Waals surface area contributed by atoms with E-state index in [1.165, 1.54) is 16.7 Å². The molecule has 0 spiro atoms. The van der Waals surface area contributed by atoms with E-state index in [0.717, 1.165) is 12.2 Å². The fraction of sp³-hybridized carbons (Fsp3) is 0.357. The summed E-state index contributed by atoms with van der Waals surface area (Å²) in [6.45, 7) is 7.33.